The van der Waals surface area contributed by atoms with Crippen molar-refractivity contribution in [3.8, 4) is 0 Å². The monoisotopic (exact) mass is 273 g/mol. The zero-order valence-electron chi connectivity index (χ0n) is 11.4. The molecule has 0 aromatic carbocycles. The Morgan fingerprint density at radius 1 is 1.44 bits per heavy atom. The summed E-state index contributed by atoms with van der Waals surface area (Å²) in [4.78, 5) is 24.7. The molecule has 0 spiro atoms. The zero-order valence-corrected chi connectivity index (χ0v) is 12.2. The highest BCUT2D eigenvalue weighted by Crippen LogP contribution is 2.18. The van der Waals surface area contributed by atoms with E-state index >= 15 is 0 Å². The summed E-state index contributed by atoms with van der Waals surface area (Å²) in [7, 11) is 1.66. The van der Waals surface area contributed by atoms with Gasteiger partial charge in [0.2, 0.25) is 11.8 Å². The van der Waals surface area contributed by atoms with Crippen molar-refractivity contribution in [2.24, 2.45) is 5.73 Å². The lowest BCUT2D eigenvalue weighted by molar-refractivity contribution is -0.132. The zero-order chi connectivity index (χ0) is 13.8. The third-order valence-corrected chi connectivity index (χ3v) is 3.85. The van der Waals surface area contributed by atoms with E-state index in [1.54, 1.807) is 7.05 Å². The number of rotatable bonds is 7. The summed E-state index contributed by atoms with van der Waals surface area (Å²) in [5.41, 5.74) is 5.56. The number of likely N-dealkylation sites (N-methyl/N-ethyl adjacent to an activating group) is 1. The number of hydrogen-bond donors (Lipinski definition) is 2. The lowest BCUT2D eigenvalue weighted by Gasteiger charge is -2.19. The summed E-state index contributed by atoms with van der Waals surface area (Å²) in [6.07, 6.45) is 2.12. The molecule has 1 fully saturated rings. The Morgan fingerprint density at radius 2 is 2.06 bits per heavy atom. The lowest BCUT2D eigenvalue weighted by Crippen LogP contribution is -2.40. The summed E-state index contributed by atoms with van der Waals surface area (Å²) in [5, 5.41) is 2.86. The van der Waals surface area contributed by atoms with Crippen LogP contribution < -0.4 is 11.1 Å². The first kappa shape index (κ1) is 15.3. The van der Waals surface area contributed by atoms with Gasteiger partial charge in [0.15, 0.2) is 0 Å². The molecule has 0 unspecified atom stereocenters. The van der Waals surface area contributed by atoms with Crippen LogP contribution in [0.3, 0.4) is 0 Å². The number of thioether (sulfide) groups is 1. The Balaban J connectivity index is 2.17. The Kier molecular flexibility index (Phi) is 5.47. The van der Waals surface area contributed by atoms with Gasteiger partial charge in [0.05, 0.1) is 12.3 Å². The smallest absolute Gasteiger partial charge is 0.239 e. The number of nitrogens with one attached hydrogen (secondary N) is 1. The molecule has 0 radical (unpaired) electrons. The van der Waals surface area contributed by atoms with Crippen molar-refractivity contribution < 1.29 is 9.59 Å². The highest BCUT2D eigenvalue weighted by atomic mass is 32.2. The normalized spacial score (nSPS) is 15.3. The van der Waals surface area contributed by atoms with Gasteiger partial charge < -0.3 is 16.0 Å². The number of nitrogens with zero attached hydrogens (tertiary/aromatic N) is 1. The van der Waals surface area contributed by atoms with Crippen LogP contribution in [0.4, 0.5) is 0 Å². The summed E-state index contributed by atoms with van der Waals surface area (Å²) >= 11 is 1.50. The maximum atomic E-state index is 11.8. The summed E-state index contributed by atoms with van der Waals surface area (Å²) in [5.74, 6) is 0.988. The van der Waals surface area contributed by atoms with E-state index in [4.69, 9.17) is 5.73 Å². The fourth-order valence-electron chi connectivity index (χ4n) is 1.32. The van der Waals surface area contributed by atoms with Gasteiger partial charge in [-0.3, -0.25) is 9.59 Å². The van der Waals surface area contributed by atoms with Gasteiger partial charge in [-0.2, -0.15) is 11.8 Å². The lowest BCUT2D eigenvalue weighted by atomic mass is 10.1. The van der Waals surface area contributed by atoms with Gasteiger partial charge in [0.1, 0.15) is 0 Å². The number of carbonyl (C=O) groups excluding carboxylic acids is 2. The minimum atomic E-state index is -0.271. The van der Waals surface area contributed by atoms with E-state index in [0.29, 0.717) is 11.8 Å². The molecule has 0 aromatic rings. The molecule has 6 heteroatoms. The van der Waals surface area contributed by atoms with Crippen LogP contribution in [0.5, 0.6) is 0 Å². The highest BCUT2D eigenvalue weighted by Gasteiger charge is 2.24. The molecule has 1 rings (SSSR count). The van der Waals surface area contributed by atoms with Crippen LogP contribution in [-0.2, 0) is 9.59 Å². The third-order valence-electron chi connectivity index (χ3n) is 2.45. The van der Waals surface area contributed by atoms with E-state index in [1.807, 2.05) is 13.8 Å². The number of nitrogens with two attached hydrogens (primary N) is 1. The number of hydrogen-bond acceptors (Lipinski definition) is 4. The largest absolute Gasteiger partial charge is 0.352 e. The molecule has 0 saturated heterocycles. The van der Waals surface area contributed by atoms with Crippen LogP contribution in [0, 0.1) is 0 Å². The van der Waals surface area contributed by atoms with Crippen molar-refractivity contribution in [3.63, 3.8) is 0 Å². The molecule has 1 aliphatic rings. The van der Waals surface area contributed by atoms with E-state index < -0.39 is 0 Å². The van der Waals surface area contributed by atoms with Gasteiger partial charge in [0.25, 0.3) is 0 Å². The van der Waals surface area contributed by atoms with Gasteiger partial charge in [0, 0.05) is 24.4 Å². The third kappa shape index (κ3) is 6.86. The molecule has 0 bridgehead atoms. The minimum Gasteiger partial charge on any atom is -0.352 e. The van der Waals surface area contributed by atoms with Gasteiger partial charge in [-0.1, -0.05) is 0 Å². The predicted molar refractivity (Wildman–Crippen MR) is 74.4 cm³/mol. The second-order valence-corrected chi connectivity index (χ2v) is 6.56. The second kappa shape index (κ2) is 6.43. The molecular weight excluding hydrogens is 250 g/mol. The molecule has 0 aromatic heterocycles. The first-order valence-electron chi connectivity index (χ1n) is 6.18. The van der Waals surface area contributed by atoms with Gasteiger partial charge in [-0.15, -0.1) is 0 Å². The Labute approximate surface area is 113 Å². The van der Waals surface area contributed by atoms with Gasteiger partial charge in [-0.05, 0) is 26.7 Å². The maximum Gasteiger partial charge on any atom is 0.239 e. The Bertz CT molecular complexity index is 311. The van der Waals surface area contributed by atoms with Crippen molar-refractivity contribution in [3.05, 3.63) is 0 Å². The summed E-state index contributed by atoms with van der Waals surface area (Å²) in [6.45, 7) is 4.00. The Hall–Kier alpha value is -0.750. The second-order valence-electron chi connectivity index (χ2n) is 5.57. The van der Waals surface area contributed by atoms with E-state index in [0.717, 1.165) is 18.6 Å². The fraction of sp³-hybridized carbons (Fsp3) is 0.833. The van der Waals surface area contributed by atoms with Crippen LogP contribution in [0.2, 0.25) is 0 Å². The number of amides is 2. The molecule has 1 aliphatic carbocycles. The average Bonchev–Trinajstić information content (AvgIpc) is 2.99. The fourth-order valence-corrected chi connectivity index (χ4v) is 2.34. The van der Waals surface area contributed by atoms with Crippen LogP contribution in [-0.4, -0.2) is 53.4 Å². The summed E-state index contributed by atoms with van der Waals surface area (Å²) < 4.78 is 0. The molecule has 18 heavy (non-hydrogen) atoms. The van der Waals surface area contributed by atoms with Gasteiger partial charge in [-0.25, -0.2) is 0 Å². The maximum absolute atomic E-state index is 11.8. The molecular formula is C12H23N3O2S. The molecule has 1 saturated carbocycles. The molecule has 3 N–H and O–H groups in total. The van der Waals surface area contributed by atoms with E-state index in [9.17, 15) is 9.59 Å². The summed E-state index contributed by atoms with van der Waals surface area (Å²) in [6, 6.07) is 0.341. The number of carbonyl (C=O) groups is 2. The van der Waals surface area contributed by atoms with Crippen molar-refractivity contribution >= 4 is 23.6 Å². The molecule has 2 amide bonds. The highest BCUT2D eigenvalue weighted by molar-refractivity contribution is 8.00. The van der Waals surface area contributed by atoms with Crippen molar-refractivity contribution in [1.29, 1.82) is 0 Å². The van der Waals surface area contributed by atoms with Crippen LogP contribution in [0.1, 0.15) is 26.7 Å². The van der Waals surface area contributed by atoms with E-state index in [-0.39, 0.29) is 23.9 Å². The average molecular weight is 273 g/mol. The first-order valence-corrected chi connectivity index (χ1v) is 7.33. The van der Waals surface area contributed by atoms with Crippen LogP contribution >= 0.6 is 11.8 Å². The first-order chi connectivity index (χ1) is 8.28. The van der Waals surface area contributed by atoms with Crippen LogP contribution in [0.25, 0.3) is 0 Å². The molecule has 0 aliphatic heterocycles. The molecule has 0 heterocycles. The molecule has 5 nitrogen and oxygen atoms in total. The minimum absolute atomic E-state index is 0.0322. The Morgan fingerprint density at radius 3 is 2.56 bits per heavy atom. The van der Waals surface area contributed by atoms with Crippen LogP contribution in [0.15, 0.2) is 0 Å². The van der Waals surface area contributed by atoms with Crippen molar-refractivity contribution in [2.45, 2.75) is 38.3 Å². The molecule has 0 atom stereocenters. The van der Waals surface area contributed by atoms with E-state index in [2.05, 4.69) is 5.32 Å². The predicted octanol–water partition coefficient (Wildman–Crippen LogP) is 0.194. The van der Waals surface area contributed by atoms with E-state index in [1.165, 1.54) is 16.7 Å². The SMILES string of the molecule is CN(CC(=O)NC1CC1)C(=O)CSCC(C)(C)N. The van der Waals surface area contributed by atoms with Crippen molar-refractivity contribution in [2.75, 3.05) is 25.1 Å². The molecule has 104 valence electrons. The standard InChI is InChI=1S/C12H23N3O2S/c1-12(2,13)8-18-7-11(17)15(3)6-10(16)14-9-4-5-9/h9H,4-8,13H2,1-3H3,(H,14,16). The van der Waals surface area contributed by atoms with Gasteiger partial charge >= 0.3 is 0 Å². The topological polar surface area (TPSA) is 75.4 Å². The van der Waals surface area contributed by atoms with Crippen molar-refractivity contribution in [1.82, 2.24) is 10.2 Å². The quantitative estimate of drug-likeness (QED) is 0.694.